The summed E-state index contributed by atoms with van der Waals surface area (Å²) < 4.78 is 43.4. The van der Waals surface area contributed by atoms with Crippen LogP contribution in [0, 0.1) is 6.92 Å². The summed E-state index contributed by atoms with van der Waals surface area (Å²) in [5.74, 6) is -0.960. The Hall–Kier alpha value is -3.93. The topological polar surface area (TPSA) is 120 Å². The van der Waals surface area contributed by atoms with Gasteiger partial charge < -0.3 is 20.9 Å². The minimum absolute atomic E-state index is 0.0844. The number of halogens is 3. The molecule has 0 aliphatic heterocycles. The van der Waals surface area contributed by atoms with Gasteiger partial charge in [0.2, 0.25) is 0 Å². The van der Waals surface area contributed by atoms with Gasteiger partial charge in [0.1, 0.15) is 0 Å². The molecule has 0 bridgehead atoms. The van der Waals surface area contributed by atoms with Gasteiger partial charge in [-0.1, -0.05) is 12.2 Å². The van der Waals surface area contributed by atoms with Crippen LogP contribution in [0.25, 0.3) is 11.3 Å². The molecule has 0 atom stereocenters. The number of anilines is 1. The highest BCUT2D eigenvalue weighted by molar-refractivity contribution is 6.03. The maximum atomic E-state index is 13.6. The zero-order valence-corrected chi connectivity index (χ0v) is 20.2. The van der Waals surface area contributed by atoms with E-state index in [4.69, 9.17) is 5.73 Å². The van der Waals surface area contributed by atoms with Gasteiger partial charge in [0.15, 0.2) is 11.5 Å². The second-order valence-corrected chi connectivity index (χ2v) is 8.45. The van der Waals surface area contributed by atoms with Gasteiger partial charge in [0.25, 0.3) is 11.8 Å². The predicted octanol–water partition coefficient (Wildman–Crippen LogP) is 3.52. The number of aromatic nitrogens is 4. The molecule has 3 rings (SSSR count). The van der Waals surface area contributed by atoms with Crippen LogP contribution in [0.4, 0.5) is 18.9 Å². The maximum Gasteiger partial charge on any atom is 0.435 e. The van der Waals surface area contributed by atoms with Crippen LogP contribution < -0.4 is 16.4 Å². The third kappa shape index (κ3) is 6.00. The fourth-order valence-electron chi connectivity index (χ4n) is 3.63. The SMILES string of the molecule is C=C(C)Cn1cc(-c2cnc(C(=O)Nc3ccc(C(=O)NCCCN)c(C)c3)n2C)c(C(F)(F)F)n1. The second kappa shape index (κ2) is 10.8. The first-order valence-electron chi connectivity index (χ1n) is 11.1. The first kappa shape index (κ1) is 26.7. The lowest BCUT2D eigenvalue weighted by Gasteiger charge is -2.11. The maximum absolute atomic E-state index is 13.6. The number of amides is 2. The minimum atomic E-state index is -4.70. The highest BCUT2D eigenvalue weighted by Crippen LogP contribution is 2.36. The van der Waals surface area contributed by atoms with Gasteiger partial charge >= 0.3 is 6.18 Å². The summed E-state index contributed by atoms with van der Waals surface area (Å²) in [7, 11) is 1.45. The van der Waals surface area contributed by atoms with Crippen molar-refractivity contribution in [3.63, 3.8) is 0 Å². The number of hydrogen-bond donors (Lipinski definition) is 3. The molecule has 192 valence electrons. The van der Waals surface area contributed by atoms with Crippen LogP contribution in [0.2, 0.25) is 0 Å². The van der Waals surface area contributed by atoms with E-state index in [9.17, 15) is 22.8 Å². The number of aryl methyl sites for hydroxylation is 1. The van der Waals surface area contributed by atoms with Crippen molar-refractivity contribution in [3.8, 4) is 11.3 Å². The molecule has 12 heteroatoms. The molecule has 1 aromatic carbocycles. The Morgan fingerprint density at radius 2 is 1.94 bits per heavy atom. The molecule has 0 fully saturated rings. The van der Waals surface area contributed by atoms with E-state index in [1.54, 1.807) is 32.0 Å². The van der Waals surface area contributed by atoms with E-state index in [-0.39, 0.29) is 29.5 Å². The standard InChI is InChI=1S/C24H28F3N7O2/c1-14(2)12-34-13-18(20(32-34)24(25,26)27)19-11-30-21(33(19)4)23(36)31-16-6-7-17(15(3)10-16)22(35)29-9-5-8-28/h6-7,10-11,13H,1,5,8-9,12,28H2,2-4H3,(H,29,35)(H,31,36). The van der Waals surface area contributed by atoms with Gasteiger partial charge in [-0.15, -0.1) is 0 Å². The van der Waals surface area contributed by atoms with Crippen molar-refractivity contribution in [1.29, 1.82) is 0 Å². The van der Waals surface area contributed by atoms with Crippen molar-refractivity contribution in [1.82, 2.24) is 24.6 Å². The lowest BCUT2D eigenvalue weighted by atomic mass is 10.1. The van der Waals surface area contributed by atoms with Crippen molar-refractivity contribution >= 4 is 17.5 Å². The zero-order valence-electron chi connectivity index (χ0n) is 20.2. The fourth-order valence-corrected chi connectivity index (χ4v) is 3.63. The van der Waals surface area contributed by atoms with E-state index in [2.05, 4.69) is 27.3 Å². The molecular weight excluding hydrogens is 475 g/mol. The third-order valence-corrected chi connectivity index (χ3v) is 5.32. The number of nitrogens with one attached hydrogen (secondary N) is 2. The molecule has 3 aromatic rings. The summed E-state index contributed by atoms with van der Waals surface area (Å²) in [6.45, 7) is 8.16. The number of alkyl halides is 3. The molecule has 9 nitrogen and oxygen atoms in total. The number of allylic oxidation sites excluding steroid dienone is 1. The summed E-state index contributed by atoms with van der Waals surface area (Å²) in [6, 6.07) is 4.77. The van der Waals surface area contributed by atoms with E-state index >= 15 is 0 Å². The van der Waals surface area contributed by atoms with Crippen LogP contribution in [-0.4, -0.2) is 44.2 Å². The highest BCUT2D eigenvalue weighted by Gasteiger charge is 2.38. The summed E-state index contributed by atoms with van der Waals surface area (Å²) in [5.41, 5.74) is 6.38. The van der Waals surface area contributed by atoms with Gasteiger partial charge in [0.05, 0.1) is 24.0 Å². The van der Waals surface area contributed by atoms with Gasteiger partial charge in [-0.05, 0) is 50.6 Å². The van der Waals surface area contributed by atoms with Crippen LogP contribution in [0.1, 0.15) is 45.6 Å². The van der Waals surface area contributed by atoms with Crippen molar-refractivity contribution in [2.24, 2.45) is 12.8 Å². The largest absolute Gasteiger partial charge is 0.435 e. The van der Waals surface area contributed by atoms with Crippen LogP contribution in [0.15, 0.2) is 42.7 Å². The Bertz CT molecular complexity index is 1290. The van der Waals surface area contributed by atoms with Gasteiger partial charge in [-0.3, -0.25) is 14.3 Å². The van der Waals surface area contributed by atoms with E-state index < -0.39 is 17.8 Å². The van der Waals surface area contributed by atoms with Crippen molar-refractivity contribution in [3.05, 3.63) is 65.4 Å². The molecule has 2 amide bonds. The summed E-state index contributed by atoms with van der Waals surface area (Å²) in [6.07, 6.45) is -1.58. The number of nitrogens with zero attached hydrogens (tertiary/aromatic N) is 4. The smallest absolute Gasteiger partial charge is 0.352 e. The molecule has 0 radical (unpaired) electrons. The van der Waals surface area contributed by atoms with Crippen molar-refractivity contribution < 1.29 is 22.8 Å². The van der Waals surface area contributed by atoms with Gasteiger partial charge in [-0.25, -0.2) is 4.98 Å². The molecule has 0 aliphatic rings. The molecule has 2 aromatic heterocycles. The minimum Gasteiger partial charge on any atom is -0.352 e. The molecule has 0 saturated carbocycles. The number of imidazole rings is 1. The molecular formula is C24H28F3N7O2. The Morgan fingerprint density at radius 3 is 2.56 bits per heavy atom. The second-order valence-electron chi connectivity index (χ2n) is 8.45. The first-order valence-corrected chi connectivity index (χ1v) is 11.1. The van der Waals surface area contributed by atoms with Gasteiger partial charge in [0, 0.05) is 31.0 Å². The number of carbonyl (C=O) groups excluding carboxylic acids is 2. The van der Waals surface area contributed by atoms with Crippen molar-refractivity contribution in [2.75, 3.05) is 18.4 Å². The van der Waals surface area contributed by atoms with Crippen molar-refractivity contribution in [2.45, 2.75) is 33.0 Å². The average molecular weight is 504 g/mol. The Labute approximate surface area is 206 Å². The Kier molecular flexibility index (Phi) is 7.98. The van der Waals surface area contributed by atoms with Crippen LogP contribution >= 0.6 is 0 Å². The predicted molar refractivity (Wildman–Crippen MR) is 129 cm³/mol. The van der Waals surface area contributed by atoms with E-state index in [1.807, 2.05) is 0 Å². The van der Waals surface area contributed by atoms with E-state index in [0.29, 0.717) is 41.9 Å². The lowest BCUT2D eigenvalue weighted by molar-refractivity contribution is -0.141. The average Bonchev–Trinajstić information content (AvgIpc) is 3.36. The third-order valence-electron chi connectivity index (χ3n) is 5.32. The normalized spacial score (nSPS) is 11.4. The van der Waals surface area contributed by atoms with Gasteiger partial charge in [-0.2, -0.15) is 18.3 Å². The molecule has 2 heterocycles. The summed E-state index contributed by atoms with van der Waals surface area (Å²) in [4.78, 5) is 29.2. The Balaban J connectivity index is 1.83. The molecule has 36 heavy (non-hydrogen) atoms. The lowest BCUT2D eigenvalue weighted by Crippen LogP contribution is -2.26. The number of nitrogens with two attached hydrogens (primary N) is 1. The monoisotopic (exact) mass is 503 g/mol. The van der Waals surface area contributed by atoms with Crippen LogP contribution in [-0.2, 0) is 19.8 Å². The molecule has 0 saturated heterocycles. The van der Waals surface area contributed by atoms with E-state index in [1.165, 1.54) is 24.0 Å². The fraction of sp³-hybridized carbons (Fsp3) is 0.333. The summed E-state index contributed by atoms with van der Waals surface area (Å²) >= 11 is 0. The first-order chi connectivity index (χ1) is 16.9. The number of hydrogen-bond acceptors (Lipinski definition) is 5. The number of rotatable bonds is 9. The van der Waals surface area contributed by atoms with Crippen LogP contribution in [0.5, 0.6) is 0 Å². The van der Waals surface area contributed by atoms with Crippen LogP contribution in [0.3, 0.4) is 0 Å². The molecule has 0 aliphatic carbocycles. The number of benzene rings is 1. The molecule has 0 unspecified atom stereocenters. The quantitative estimate of drug-likeness (QED) is 0.305. The Morgan fingerprint density at radius 1 is 1.22 bits per heavy atom. The highest BCUT2D eigenvalue weighted by atomic mass is 19.4. The molecule has 0 spiro atoms. The molecule has 4 N–H and O–H groups in total. The number of carbonyl (C=O) groups is 2. The van der Waals surface area contributed by atoms with E-state index in [0.717, 1.165) is 4.68 Å². The summed E-state index contributed by atoms with van der Waals surface area (Å²) in [5, 5.41) is 9.11. The zero-order chi connectivity index (χ0) is 26.6.